The van der Waals surface area contributed by atoms with E-state index < -0.39 is 0 Å². The number of aryl methyl sites for hydroxylation is 2. The van der Waals surface area contributed by atoms with Gasteiger partial charge < -0.3 is 4.74 Å². The number of rotatable bonds is 3. The normalized spacial score (nSPS) is 17.8. The summed E-state index contributed by atoms with van der Waals surface area (Å²) >= 11 is 1.67. The number of hydrogen-bond donors (Lipinski definition) is 0. The van der Waals surface area contributed by atoms with Crippen molar-refractivity contribution in [2.45, 2.75) is 32.1 Å². The van der Waals surface area contributed by atoms with Gasteiger partial charge in [0, 0.05) is 18.1 Å². The van der Waals surface area contributed by atoms with Crippen molar-refractivity contribution in [1.29, 1.82) is 0 Å². The summed E-state index contributed by atoms with van der Waals surface area (Å²) < 4.78 is 6.98. The predicted molar refractivity (Wildman–Crippen MR) is 76.6 cm³/mol. The molecule has 20 heavy (non-hydrogen) atoms. The lowest BCUT2D eigenvalue weighted by molar-refractivity contribution is -0.145. The van der Waals surface area contributed by atoms with Crippen LogP contribution < -0.4 is 0 Å². The van der Waals surface area contributed by atoms with Gasteiger partial charge in [-0.2, -0.15) is 5.10 Å². The Kier molecular flexibility index (Phi) is 3.56. The van der Waals surface area contributed by atoms with Crippen LogP contribution in [0.3, 0.4) is 0 Å². The van der Waals surface area contributed by atoms with E-state index in [1.165, 1.54) is 4.88 Å². The zero-order chi connectivity index (χ0) is 14.1. The second kappa shape index (κ2) is 5.36. The Hall–Kier alpha value is -1.69. The first-order valence-corrected chi connectivity index (χ1v) is 7.67. The van der Waals surface area contributed by atoms with Crippen LogP contribution in [-0.4, -0.2) is 27.3 Å². The van der Waals surface area contributed by atoms with Crippen LogP contribution in [0.5, 0.6) is 0 Å². The van der Waals surface area contributed by atoms with Crippen molar-refractivity contribution >= 4 is 17.3 Å². The summed E-state index contributed by atoms with van der Waals surface area (Å²) in [4.78, 5) is 18.0. The zero-order valence-corrected chi connectivity index (χ0v) is 12.4. The monoisotopic (exact) mass is 291 g/mol. The Labute approximate surface area is 121 Å². The van der Waals surface area contributed by atoms with Crippen LogP contribution in [0.2, 0.25) is 0 Å². The van der Waals surface area contributed by atoms with E-state index in [-0.39, 0.29) is 11.9 Å². The molecule has 2 aromatic heterocycles. The average Bonchev–Trinajstić information content (AvgIpc) is 3.03. The highest BCUT2D eigenvalue weighted by Gasteiger charge is 2.31. The van der Waals surface area contributed by atoms with E-state index in [9.17, 15) is 4.79 Å². The molecule has 0 aromatic carbocycles. The van der Waals surface area contributed by atoms with Crippen LogP contribution in [0.25, 0.3) is 10.7 Å². The molecule has 0 saturated carbocycles. The fourth-order valence-corrected chi connectivity index (χ4v) is 3.80. The van der Waals surface area contributed by atoms with Gasteiger partial charge in [-0.05, 0) is 32.3 Å². The van der Waals surface area contributed by atoms with E-state index in [1.54, 1.807) is 17.5 Å². The van der Waals surface area contributed by atoms with Crippen LogP contribution in [0, 0.1) is 0 Å². The highest BCUT2D eigenvalue weighted by atomic mass is 32.1. The molecule has 0 saturated heterocycles. The van der Waals surface area contributed by atoms with Crippen molar-refractivity contribution in [3.05, 3.63) is 22.8 Å². The molecule has 106 valence electrons. The summed E-state index contributed by atoms with van der Waals surface area (Å²) in [6.45, 7) is 2.26. The van der Waals surface area contributed by atoms with Crippen molar-refractivity contribution in [3.63, 3.8) is 0 Å². The number of nitrogens with zero attached hydrogens (tertiary/aromatic N) is 3. The minimum Gasteiger partial charge on any atom is -0.465 e. The Balaban J connectivity index is 1.97. The van der Waals surface area contributed by atoms with Gasteiger partial charge in [0.15, 0.2) is 0 Å². The number of carbonyl (C=O) groups is 1. The summed E-state index contributed by atoms with van der Waals surface area (Å²) in [5, 5.41) is 5.11. The molecular weight excluding hydrogens is 274 g/mol. The van der Waals surface area contributed by atoms with E-state index in [0.29, 0.717) is 6.61 Å². The smallest absolute Gasteiger partial charge is 0.315 e. The zero-order valence-electron chi connectivity index (χ0n) is 11.6. The molecule has 1 unspecified atom stereocenters. The van der Waals surface area contributed by atoms with Crippen LogP contribution in [0.1, 0.15) is 36.3 Å². The third kappa shape index (κ3) is 2.24. The topological polar surface area (TPSA) is 57.0 Å². The molecule has 2 aromatic rings. The molecule has 2 heterocycles. The van der Waals surface area contributed by atoms with E-state index in [0.717, 1.165) is 35.7 Å². The maximum atomic E-state index is 12.0. The third-order valence-electron chi connectivity index (χ3n) is 3.57. The number of esters is 1. The number of carbonyl (C=O) groups excluding carboxylic acids is 1. The molecule has 0 aliphatic heterocycles. The average molecular weight is 291 g/mol. The summed E-state index contributed by atoms with van der Waals surface area (Å²) in [6, 6.07) is 1.95. The lowest BCUT2D eigenvalue weighted by Gasteiger charge is -2.19. The Bertz CT molecular complexity index is 632. The van der Waals surface area contributed by atoms with Crippen LogP contribution in [0.15, 0.2) is 12.3 Å². The molecular formula is C14H17N3O2S. The minimum atomic E-state index is -0.197. The minimum absolute atomic E-state index is 0.143. The summed E-state index contributed by atoms with van der Waals surface area (Å²) in [5.41, 5.74) is 1.91. The van der Waals surface area contributed by atoms with Crippen molar-refractivity contribution in [2.75, 3.05) is 6.61 Å². The van der Waals surface area contributed by atoms with Crippen molar-refractivity contribution < 1.29 is 9.53 Å². The van der Waals surface area contributed by atoms with Gasteiger partial charge in [-0.25, -0.2) is 4.98 Å². The quantitative estimate of drug-likeness (QED) is 0.815. The van der Waals surface area contributed by atoms with Crippen molar-refractivity contribution in [1.82, 2.24) is 14.8 Å². The lowest BCUT2D eigenvalue weighted by atomic mass is 9.91. The first kappa shape index (κ1) is 13.3. The molecule has 0 fully saturated rings. The predicted octanol–water partition coefficient (Wildman–Crippen LogP) is 2.53. The van der Waals surface area contributed by atoms with Crippen molar-refractivity contribution in [2.24, 2.45) is 7.05 Å². The number of fused-ring (bicyclic) bond motifs is 1. The van der Waals surface area contributed by atoms with Gasteiger partial charge in [0.1, 0.15) is 10.9 Å². The number of hydrogen-bond acceptors (Lipinski definition) is 5. The van der Waals surface area contributed by atoms with Crippen LogP contribution in [-0.2, 0) is 23.0 Å². The second-order valence-electron chi connectivity index (χ2n) is 4.86. The fourth-order valence-electron chi connectivity index (χ4n) is 2.58. The van der Waals surface area contributed by atoms with Crippen LogP contribution >= 0.6 is 11.3 Å². The Morgan fingerprint density at radius 2 is 2.45 bits per heavy atom. The molecule has 1 aliphatic carbocycles. The van der Waals surface area contributed by atoms with Crippen LogP contribution in [0.4, 0.5) is 0 Å². The Morgan fingerprint density at radius 3 is 3.15 bits per heavy atom. The molecule has 0 N–H and O–H groups in total. The third-order valence-corrected chi connectivity index (χ3v) is 4.72. The molecule has 0 bridgehead atoms. The first-order chi connectivity index (χ1) is 9.70. The Morgan fingerprint density at radius 1 is 1.60 bits per heavy atom. The molecule has 1 aliphatic rings. The van der Waals surface area contributed by atoms with Gasteiger partial charge in [-0.3, -0.25) is 9.48 Å². The number of aromatic nitrogens is 3. The maximum Gasteiger partial charge on any atom is 0.315 e. The maximum absolute atomic E-state index is 12.0. The molecule has 5 nitrogen and oxygen atoms in total. The summed E-state index contributed by atoms with van der Waals surface area (Å²) in [5.74, 6) is -0.341. The van der Waals surface area contributed by atoms with Gasteiger partial charge >= 0.3 is 5.97 Å². The van der Waals surface area contributed by atoms with Gasteiger partial charge in [0.25, 0.3) is 0 Å². The molecule has 0 spiro atoms. The van der Waals surface area contributed by atoms with Crippen molar-refractivity contribution in [3.8, 4) is 10.7 Å². The fraction of sp³-hybridized carbons (Fsp3) is 0.500. The first-order valence-electron chi connectivity index (χ1n) is 6.85. The van der Waals surface area contributed by atoms with E-state index >= 15 is 0 Å². The highest BCUT2D eigenvalue weighted by Crippen LogP contribution is 2.38. The van der Waals surface area contributed by atoms with Gasteiger partial charge in [0.05, 0.1) is 18.0 Å². The molecule has 6 heteroatoms. The largest absolute Gasteiger partial charge is 0.465 e. The number of ether oxygens (including phenoxy) is 1. The van der Waals surface area contributed by atoms with Gasteiger partial charge in [0.2, 0.25) is 0 Å². The summed E-state index contributed by atoms with van der Waals surface area (Å²) in [7, 11) is 1.90. The summed E-state index contributed by atoms with van der Waals surface area (Å²) in [6.07, 6.45) is 4.61. The number of thiazole rings is 1. The van der Waals surface area contributed by atoms with Gasteiger partial charge in [-0.1, -0.05) is 0 Å². The molecule has 3 rings (SSSR count). The van der Waals surface area contributed by atoms with Gasteiger partial charge in [-0.15, -0.1) is 11.3 Å². The molecule has 1 atom stereocenters. The lowest BCUT2D eigenvalue weighted by Crippen LogP contribution is -2.20. The standard InChI is InChI=1S/C14H17N3O2S/c1-3-19-14(18)9-5-4-6-11-12(9)16-13(20-11)10-7-8-15-17(10)2/h7-9H,3-6H2,1-2H3. The van der Waals surface area contributed by atoms with E-state index in [2.05, 4.69) is 5.10 Å². The highest BCUT2D eigenvalue weighted by molar-refractivity contribution is 7.15. The second-order valence-corrected chi connectivity index (χ2v) is 5.95. The van der Waals surface area contributed by atoms with E-state index in [1.807, 2.05) is 24.7 Å². The SMILES string of the molecule is CCOC(=O)C1CCCc2sc(-c3ccnn3C)nc21. The molecule has 0 amide bonds. The van der Waals surface area contributed by atoms with E-state index in [4.69, 9.17) is 9.72 Å². The molecule has 0 radical (unpaired) electrons.